The molecule has 1 aromatic carbocycles. The van der Waals surface area contributed by atoms with Crippen LogP contribution in [0.25, 0.3) is 0 Å². The molecule has 0 aliphatic carbocycles. The molecule has 0 unspecified atom stereocenters. The molecule has 0 heterocycles. The molecule has 2 N–H and O–H groups in total. The second-order valence-corrected chi connectivity index (χ2v) is 3.80. The fourth-order valence-electron chi connectivity index (χ4n) is 0.553. The molecule has 1 nitrogen and oxygen atoms in total. The van der Waals surface area contributed by atoms with E-state index in [9.17, 15) is 4.39 Å². The largest absolute Gasteiger partial charge is 0.397 e. The lowest BCUT2D eigenvalue weighted by molar-refractivity contribution is 0.626. The van der Waals surface area contributed by atoms with Crippen LogP contribution in [0.5, 0.6) is 0 Å². The van der Waals surface area contributed by atoms with Crippen LogP contribution in [0.1, 0.15) is 0 Å². The molecule has 0 amide bonds. The Morgan fingerprint density at radius 2 is 2.10 bits per heavy atom. The standard InChI is InChI=1S/C6H4BrFIN/c7-4-1-3(8)2-5(9)6(4)10/h1-2H,10H2. The van der Waals surface area contributed by atoms with Crippen LogP contribution in [0.15, 0.2) is 16.6 Å². The van der Waals surface area contributed by atoms with E-state index in [4.69, 9.17) is 5.73 Å². The summed E-state index contributed by atoms with van der Waals surface area (Å²) in [6.45, 7) is 0. The van der Waals surface area contributed by atoms with E-state index in [1.54, 1.807) is 0 Å². The van der Waals surface area contributed by atoms with E-state index >= 15 is 0 Å². The Morgan fingerprint density at radius 3 is 2.60 bits per heavy atom. The molecule has 4 heteroatoms. The second-order valence-electron chi connectivity index (χ2n) is 1.78. The van der Waals surface area contributed by atoms with Crippen LogP contribution in [0.4, 0.5) is 10.1 Å². The smallest absolute Gasteiger partial charge is 0.125 e. The molecule has 10 heavy (non-hydrogen) atoms. The third kappa shape index (κ3) is 1.60. The van der Waals surface area contributed by atoms with Crippen LogP contribution in [-0.4, -0.2) is 0 Å². The van der Waals surface area contributed by atoms with E-state index in [2.05, 4.69) is 15.9 Å². The van der Waals surface area contributed by atoms with Crippen LogP contribution >= 0.6 is 38.5 Å². The molecule has 0 saturated carbocycles. The topological polar surface area (TPSA) is 26.0 Å². The molecule has 0 bridgehead atoms. The number of nitrogens with two attached hydrogens (primary N) is 1. The summed E-state index contributed by atoms with van der Waals surface area (Å²) >= 11 is 5.11. The first-order chi connectivity index (χ1) is 4.61. The van der Waals surface area contributed by atoms with Crippen molar-refractivity contribution >= 4 is 44.2 Å². The van der Waals surface area contributed by atoms with Gasteiger partial charge in [0.05, 0.1) is 5.69 Å². The zero-order valence-corrected chi connectivity index (χ0v) is 8.61. The average molecular weight is 316 g/mol. The summed E-state index contributed by atoms with van der Waals surface area (Å²) < 4.78 is 13.9. The monoisotopic (exact) mass is 315 g/mol. The van der Waals surface area contributed by atoms with Crippen molar-refractivity contribution in [1.82, 2.24) is 0 Å². The summed E-state index contributed by atoms with van der Waals surface area (Å²) in [5.41, 5.74) is 6.11. The maximum Gasteiger partial charge on any atom is 0.125 e. The van der Waals surface area contributed by atoms with Crippen molar-refractivity contribution in [2.75, 3.05) is 5.73 Å². The molecule has 0 spiro atoms. The summed E-state index contributed by atoms with van der Waals surface area (Å²) in [6, 6.07) is 2.73. The Morgan fingerprint density at radius 1 is 1.50 bits per heavy atom. The number of hydrogen-bond donors (Lipinski definition) is 1. The normalized spacial score (nSPS) is 9.90. The lowest BCUT2D eigenvalue weighted by Crippen LogP contribution is -1.91. The van der Waals surface area contributed by atoms with Gasteiger partial charge < -0.3 is 5.73 Å². The van der Waals surface area contributed by atoms with Crippen molar-refractivity contribution in [3.8, 4) is 0 Å². The molecule has 54 valence electrons. The molecule has 0 aromatic heterocycles. The first-order valence-corrected chi connectivity index (χ1v) is 4.38. The fourth-order valence-corrected chi connectivity index (χ4v) is 1.94. The summed E-state index contributed by atoms with van der Waals surface area (Å²) in [7, 11) is 0. The predicted octanol–water partition coefficient (Wildman–Crippen LogP) is 2.78. The molecule has 0 saturated heterocycles. The predicted molar refractivity (Wildman–Crippen MR) is 51.2 cm³/mol. The highest BCUT2D eigenvalue weighted by molar-refractivity contribution is 14.1. The summed E-state index contributed by atoms with van der Waals surface area (Å²) in [5, 5.41) is 0. The van der Waals surface area contributed by atoms with Gasteiger partial charge in [-0.05, 0) is 50.7 Å². The van der Waals surface area contributed by atoms with Gasteiger partial charge in [-0.1, -0.05) is 0 Å². The second kappa shape index (κ2) is 3.04. The van der Waals surface area contributed by atoms with Crippen molar-refractivity contribution in [2.24, 2.45) is 0 Å². The van der Waals surface area contributed by atoms with E-state index in [-0.39, 0.29) is 5.82 Å². The van der Waals surface area contributed by atoms with Gasteiger partial charge >= 0.3 is 0 Å². The van der Waals surface area contributed by atoms with Crippen LogP contribution in [0.3, 0.4) is 0 Å². The van der Waals surface area contributed by atoms with E-state index in [0.717, 1.165) is 3.57 Å². The van der Waals surface area contributed by atoms with Crippen LogP contribution in [0.2, 0.25) is 0 Å². The van der Waals surface area contributed by atoms with E-state index in [0.29, 0.717) is 10.2 Å². The van der Waals surface area contributed by atoms with Gasteiger partial charge in [-0.2, -0.15) is 0 Å². The van der Waals surface area contributed by atoms with Gasteiger partial charge in [-0.15, -0.1) is 0 Å². The fraction of sp³-hybridized carbons (Fsp3) is 0. The molecule has 1 aromatic rings. The Kier molecular flexibility index (Phi) is 2.51. The van der Waals surface area contributed by atoms with Crippen LogP contribution in [-0.2, 0) is 0 Å². The van der Waals surface area contributed by atoms with Crippen molar-refractivity contribution in [1.29, 1.82) is 0 Å². The van der Waals surface area contributed by atoms with Gasteiger partial charge in [0.2, 0.25) is 0 Å². The maximum atomic E-state index is 12.5. The highest BCUT2D eigenvalue weighted by atomic mass is 127. The first kappa shape index (κ1) is 8.26. The average Bonchev–Trinajstić information content (AvgIpc) is 1.82. The minimum absolute atomic E-state index is 0.273. The van der Waals surface area contributed by atoms with E-state index in [1.165, 1.54) is 12.1 Å². The van der Waals surface area contributed by atoms with Crippen molar-refractivity contribution in [3.63, 3.8) is 0 Å². The third-order valence-electron chi connectivity index (χ3n) is 1.04. The van der Waals surface area contributed by atoms with E-state index < -0.39 is 0 Å². The molecule has 0 fully saturated rings. The quantitative estimate of drug-likeness (QED) is 0.578. The molecule has 0 atom stereocenters. The SMILES string of the molecule is Nc1c(Br)cc(F)cc1I. The highest BCUT2D eigenvalue weighted by Crippen LogP contribution is 2.25. The van der Waals surface area contributed by atoms with Crippen LogP contribution < -0.4 is 5.73 Å². The number of hydrogen-bond acceptors (Lipinski definition) is 1. The summed E-state index contributed by atoms with van der Waals surface area (Å²) in [4.78, 5) is 0. The Balaban J connectivity index is 3.31. The van der Waals surface area contributed by atoms with Gasteiger partial charge in [-0.3, -0.25) is 0 Å². The Bertz CT molecular complexity index is 241. The molecular weight excluding hydrogens is 312 g/mol. The van der Waals surface area contributed by atoms with Gasteiger partial charge in [0.1, 0.15) is 5.82 Å². The molecular formula is C6H4BrFIN. The third-order valence-corrected chi connectivity index (χ3v) is 2.59. The number of rotatable bonds is 0. The minimum Gasteiger partial charge on any atom is -0.397 e. The minimum atomic E-state index is -0.273. The van der Waals surface area contributed by atoms with Crippen molar-refractivity contribution < 1.29 is 4.39 Å². The van der Waals surface area contributed by atoms with Gasteiger partial charge in [0.25, 0.3) is 0 Å². The molecule has 0 aliphatic heterocycles. The first-order valence-electron chi connectivity index (χ1n) is 2.51. The zero-order valence-electron chi connectivity index (χ0n) is 4.87. The lowest BCUT2D eigenvalue weighted by Gasteiger charge is -1.99. The molecule has 0 aliphatic rings. The lowest BCUT2D eigenvalue weighted by atomic mass is 10.3. The number of halogens is 3. The zero-order chi connectivity index (χ0) is 7.72. The maximum absolute atomic E-state index is 12.5. The van der Waals surface area contributed by atoms with Crippen molar-refractivity contribution in [3.05, 3.63) is 26.0 Å². The van der Waals surface area contributed by atoms with Gasteiger partial charge in [0, 0.05) is 8.04 Å². The summed E-state index contributed by atoms with van der Waals surface area (Å²) in [6.07, 6.45) is 0. The van der Waals surface area contributed by atoms with Crippen LogP contribution in [0, 0.1) is 9.39 Å². The van der Waals surface area contributed by atoms with Gasteiger partial charge in [0.15, 0.2) is 0 Å². The van der Waals surface area contributed by atoms with E-state index in [1.807, 2.05) is 22.6 Å². The molecule has 1 rings (SSSR count). The number of nitrogen functional groups attached to an aromatic ring is 1. The Hall–Kier alpha value is 0.160. The van der Waals surface area contributed by atoms with Crippen molar-refractivity contribution in [2.45, 2.75) is 0 Å². The number of benzene rings is 1. The highest BCUT2D eigenvalue weighted by Gasteiger charge is 2.02. The van der Waals surface area contributed by atoms with Gasteiger partial charge in [-0.25, -0.2) is 4.39 Å². The Labute approximate surface area is 80.1 Å². The molecule has 0 radical (unpaired) electrons. The number of anilines is 1. The summed E-state index contributed by atoms with van der Waals surface area (Å²) in [5.74, 6) is -0.273.